The van der Waals surface area contributed by atoms with Crippen molar-refractivity contribution in [3.05, 3.63) is 28.8 Å². The number of rotatable bonds is 3. The standard InChI is InChI=1S/C21H31NO/c1-4-7-15-9-10-17-16(20(15)23-3)14-19-18-8-5-6-11-21(17,18)12-13-22(19)2/h9-10,18-19H,4-8,11-14H2,1-3H3/t18-,19+,21-/m0/s1. The summed E-state index contributed by atoms with van der Waals surface area (Å²) < 4.78 is 5.95. The summed E-state index contributed by atoms with van der Waals surface area (Å²) in [6.07, 6.45) is 10.5. The summed E-state index contributed by atoms with van der Waals surface area (Å²) in [4.78, 5) is 2.64. The molecule has 2 aliphatic carbocycles. The first-order chi connectivity index (χ1) is 11.2. The van der Waals surface area contributed by atoms with Gasteiger partial charge >= 0.3 is 0 Å². The van der Waals surface area contributed by atoms with E-state index >= 15 is 0 Å². The molecule has 0 spiro atoms. The van der Waals surface area contributed by atoms with Gasteiger partial charge in [0.15, 0.2) is 0 Å². The van der Waals surface area contributed by atoms with E-state index in [1.165, 1.54) is 62.8 Å². The Morgan fingerprint density at radius 1 is 1.26 bits per heavy atom. The van der Waals surface area contributed by atoms with Crippen molar-refractivity contribution >= 4 is 0 Å². The number of piperidine rings is 1. The van der Waals surface area contributed by atoms with E-state index in [1.54, 1.807) is 11.1 Å². The van der Waals surface area contributed by atoms with Gasteiger partial charge in [0, 0.05) is 11.5 Å². The summed E-state index contributed by atoms with van der Waals surface area (Å²) in [6, 6.07) is 5.59. The van der Waals surface area contributed by atoms with Gasteiger partial charge in [0.2, 0.25) is 0 Å². The van der Waals surface area contributed by atoms with Crippen LogP contribution in [0.4, 0.5) is 0 Å². The lowest BCUT2D eigenvalue weighted by molar-refractivity contribution is 0.00223. The van der Waals surface area contributed by atoms with Gasteiger partial charge in [-0.05, 0) is 68.3 Å². The molecule has 2 nitrogen and oxygen atoms in total. The molecule has 23 heavy (non-hydrogen) atoms. The largest absolute Gasteiger partial charge is 0.496 e. The number of aryl methyl sites for hydroxylation is 1. The van der Waals surface area contributed by atoms with Crippen LogP contribution in [0.2, 0.25) is 0 Å². The monoisotopic (exact) mass is 313 g/mol. The van der Waals surface area contributed by atoms with Gasteiger partial charge in [0.25, 0.3) is 0 Å². The van der Waals surface area contributed by atoms with Crippen molar-refractivity contribution in [2.24, 2.45) is 5.92 Å². The summed E-state index contributed by atoms with van der Waals surface area (Å²) in [5.41, 5.74) is 5.07. The van der Waals surface area contributed by atoms with Crippen LogP contribution in [-0.4, -0.2) is 31.6 Å². The summed E-state index contributed by atoms with van der Waals surface area (Å²) in [6.45, 7) is 3.52. The lowest BCUT2D eigenvalue weighted by Gasteiger charge is -2.58. The number of hydrogen-bond donors (Lipinski definition) is 0. The van der Waals surface area contributed by atoms with E-state index in [1.807, 2.05) is 7.11 Å². The van der Waals surface area contributed by atoms with Crippen molar-refractivity contribution in [1.82, 2.24) is 4.90 Å². The first-order valence-electron chi connectivity index (χ1n) is 9.60. The minimum Gasteiger partial charge on any atom is -0.496 e. The number of fused-ring (bicyclic) bond motifs is 1. The molecular formula is C21H31NO. The third-order valence-electron chi connectivity index (χ3n) is 7.05. The zero-order chi connectivity index (χ0) is 16.0. The van der Waals surface area contributed by atoms with E-state index in [-0.39, 0.29) is 0 Å². The Labute approximate surface area is 141 Å². The zero-order valence-electron chi connectivity index (χ0n) is 15.0. The fraction of sp³-hybridized carbons (Fsp3) is 0.714. The molecule has 4 rings (SSSR count). The van der Waals surface area contributed by atoms with Crippen molar-refractivity contribution in [2.75, 3.05) is 20.7 Å². The van der Waals surface area contributed by atoms with Crippen molar-refractivity contribution < 1.29 is 4.74 Å². The topological polar surface area (TPSA) is 12.5 Å². The first-order valence-corrected chi connectivity index (χ1v) is 9.60. The van der Waals surface area contributed by atoms with Gasteiger partial charge in [0.1, 0.15) is 5.75 Å². The molecule has 126 valence electrons. The Morgan fingerprint density at radius 2 is 2.13 bits per heavy atom. The second kappa shape index (κ2) is 5.81. The smallest absolute Gasteiger partial charge is 0.125 e. The Hall–Kier alpha value is -1.02. The quantitative estimate of drug-likeness (QED) is 0.823. The van der Waals surface area contributed by atoms with Crippen molar-refractivity contribution in [3.8, 4) is 5.75 Å². The van der Waals surface area contributed by atoms with Gasteiger partial charge in [0.05, 0.1) is 7.11 Å². The molecule has 1 heterocycles. The average Bonchev–Trinajstić information content (AvgIpc) is 2.58. The third-order valence-corrected chi connectivity index (χ3v) is 7.05. The summed E-state index contributed by atoms with van der Waals surface area (Å²) in [5, 5.41) is 0. The second-order valence-corrected chi connectivity index (χ2v) is 8.04. The van der Waals surface area contributed by atoms with Gasteiger partial charge in [-0.1, -0.05) is 38.3 Å². The molecule has 1 saturated carbocycles. The number of likely N-dealkylation sites (N-methyl/N-ethyl adjacent to an activating group) is 1. The van der Waals surface area contributed by atoms with Crippen LogP contribution in [0.25, 0.3) is 0 Å². The molecule has 2 fully saturated rings. The predicted octanol–water partition coefficient (Wildman–Crippen LogP) is 4.34. The molecule has 1 saturated heterocycles. The number of ether oxygens (including phenoxy) is 1. The molecule has 1 aromatic carbocycles. The molecule has 0 radical (unpaired) electrons. The molecule has 3 aliphatic rings. The number of nitrogens with zero attached hydrogens (tertiary/aromatic N) is 1. The van der Waals surface area contributed by atoms with E-state index in [2.05, 4.69) is 31.0 Å². The normalized spacial score (nSPS) is 33.0. The van der Waals surface area contributed by atoms with Gasteiger partial charge in [-0.2, -0.15) is 0 Å². The minimum atomic E-state index is 0.445. The maximum Gasteiger partial charge on any atom is 0.125 e. The van der Waals surface area contributed by atoms with Crippen LogP contribution in [0, 0.1) is 5.92 Å². The zero-order valence-corrected chi connectivity index (χ0v) is 15.0. The van der Waals surface area contributed by atoms with E-state index in [0.29, 0.717) is 5.41 Å². The van der Waals surface area contributed by atoms with E-state index in [0.717, 1.165) is 18.4 Å². The highest BCUT2D eigenvalue weighted by molar-refractivity contribution is 5.53. The SMILES string of the molecule is CCCc1ccc2c(c1OC)C[C@@H]1[C@@H]3CCCC[C@]23CCN1C. The number of hydrogen-bond acceptors (Lipinski definition) is 2. The number of likely N-dealkylation sites (tertiary alicyclic amines) is 1. The maximum atomic E-state index is 5.95. The van der Waals surface area contributed by atoms with Crippen molar-refractivity contribution in [3.63, 3.8) is 0 Å². The van der Waals surface area contributed by atoms with Gasteiger partial charge < -0.3 is 9.64 Å². The van der Waals surface area contributed by atoms with E-state index in [4.69, 9.17) is 4.74 Å². The first kappa shape index (κ1) is 15.5. The van der Waals surface area contributed by atoms with Crippen molar-refractivity contribution in [1.29, 1.82) is 0 Å². The Bertz CT molecular complexity index is 596. The van der Waals surface area contributed by atoms with Crippen LogP contribution >= 0.6 is 0 Å². The van der Waals surface area contributed by atoms with Crippen LogP contribution in [0.5, 0.6) is 5.75 Å². The average molecular weight is 313 g/mol. The fourth-order valence-corrected chi connectivity index (χ4v) is 6.03. The van der Waals surface area contributed by atoms with Gasteiger partial charge in [-0.25, -0.2) is 0 Å². The molecule has 1 aromatic rings. The molecule has 0 unspecified atom stereocenters. The molecule has 2 heteroatoms. The lowest BCUT2D eigenvalue weighted by atomic mass is 9.52. The highest BCUT2D eigenvalue weighted by Crippen LogP contribution is 2.57. The van der Waals surface area contributed by atoms with Crippen LogP contribution in [0.1, 0.15) is 62.1 Å². The summed E-state index contributed by atoms with van der Waals surface area (Å²) >= 11 is 0. The maximum absolute atomic E-state index is 5.95. The van der Waals surface area contributed by atoms with Crippen LogP contribution in [0.15, 0.2) is 12.1 Å². The second-order valence-electron chi connectivity index (χ2n) is 8.04. The summed E-state index contributed by atoms with van der Waals surface area (Å²) in [5.74, 6) is 2.08. The van der Waals surface area contributed by atoms with E-state index in [9.17, 15) is 0 Å². The predicted molar refractivity (Wildman–Crippen MR) is 95.4 cm³/mol. The van der Waals surface area contributed by atoms with Crippen LogP contribution < -0.4 is 4.74 Å². The molecule has 0 amide bonds. The minimum absolute atomic E-state index is 0.445. The molecular weight excluding hydrogens is 282 g/mol. The molecule has 0 aromatic heterocycles. The fourth-order valence-electron chi connectivity index (χ4n) is 6.03. The third kappa shape index (κ3) is 2.17. The highest BCUT2D eigenvalue weighted by Gasteiger charge is 2.53. The Balaban J connectivity index is 1.88. The number of methoxy groups -OCH3 is 1. The van der Waals surface area contributed by atoms with Crippen molar-refractivity contribution in [2.45, 2.75) is 69.7 Å². The molecule has 3 atom stereocenters. The Morgan fingerprint density at radius 3 is 2.91 bits per heavy atom. The van der Waals surface area contributed by atoms with Crippen LogP contribution in [0.3, 0.4) is 0 Å². The Kier molecular flexibility index (Phi) is 3.91. The van der Waals surface area contributed by atoms with Gasteiger partial charge in [-0.15, -0.1) is 0 Å². The molecule has 2 bridgehead atoms. The molecule has 0 N–H and O–H groups in total. The number of benzene rings is 1. The lowest BCUT2D eigenvalue weighted by Crippen LogP contribution is -2.59. The van der Waals surface area contributed by atoms with E-state index < -0.39 is 0 Å². The van der Waals surface area contributed by atoms with Gasteiger partial charge in [-0.3, -0.25) is 0 Å². The molecule has 1 aliphatic heterocycles. The van der Waals surface area contributed by atoms with Crippen LogP contribution in [-0.2, 0) is 18.3 Å². The summed E-state index contributed by atoms with van der Waals surface area (Å²) in [7, 11) is 4.22. The highest BCUT2D eigenvalue weighted by atomic mass is 16.5.